The van der Waals surface area contributed by atoms with Crippen LogP contribution in [0, 0.1) is 11.8 Å². The van der Waals surface area contributed by atoms with Crippen LogP contribution < -0.4 is 4.90 Å². The number of carbonyl (C=O) groups is 2. The minimum Gasteiger partial charge on any atom is -0.481 e. The van der Waals surface area contributed by atoms with Crippen LogP contribution in [0.4, 0.5) is 5.69 Å². The van der Waals surface area contributed by atoms with Crippen LogP contribution in [0.5, 0.6) is 0 Å². The molecular weight excluding hydrogens is 270 g/mol. The van der Waals surface area contributed by atoms with E-state index >= 15 is 0 Å². The van der Waals surface area contributed by atoms with Crippen LogP contribution in [0.25, 0.3) is 0 Å². The number of carboxylic acids is 1. The number of para-hydroxylation sites is 1. The van der Waals surface area contributed by atoms with Gasteiger partial charge in [-0.15, -0.1) is 0 Å². The Morgan fingerprint density at radius 3 is 2.67 bits per heavy atom. The van der Waals surface area contributed by atoms with Gasteiger partial charge in [0.05, 0.1) is 12.5 Å². The van der Waals surface area contributed by atoms with E-state index in [9.17, 15) is 14.7 Å². The molecule has 21 heavy (non-hydrogen) atoms. The molecule has 0 bridgehead atoms. The number of anilines is 1. The molecule has 2 rings (SSSR count). The minimum atomic E-state index is -0.850. The molecule has 5 nitrogen and oxygen atoms in total. The van der Waals surface area contributed by atoms with Crippen LogP contribution in [0.2, 0.25) is 0 Å². The fourth-order valence-electron chi connectivity index (χ4n) is 3.19. The summed E-state index contributed by atoms with van der Waals surface area (Å²) in [6.07, 6.45) is 0.253. The summed E-state index contributed by atoms with van der Waals surface area (Å²) >= 11 is 0. The highest BCUT2D eigenvalue weighted by Crippen LogP contribution is 2.35. The molecule has 1 heterocycles. The number of carbonyl (C=O) groups excluding carboxylic acids is 1. The SMILES string of the molecule is COCc1ccccc1N1C(=O)CC(C)C(C(=O)O)C1C. The highest BCUT2D eigenvalue weighted by atomic mass is 16.5. The summed E-state index contributed by atoms with van der Waals surface area (Å²) in [6, 6.07) is 7.10. The summed E-state index contributed by atoms with van der Waals surface area (Å²) in [7, 11) is 1.60. The third-order valence-corrected chi connectivity index (χ3v) is 4.14. The lowest BCUT2D eigenvalue weighted by Crippen LogP contribution is -2.53. The standard InChI is InChI=1S/C16H21NO4/c1-10-8-14(18)17(11(2)15(10)16(19)20)13-7-5-4-6-12(13)9-21-3/h4-7,10-11,15H,8-9H2,1-3H3,(H,19,20). The van der Waals surface area contributed by atoms with Crippen LogP contribution in [-0.4, -0.2) is 30.1 Å². The number of methoxy groups -OCH3 is 1. The zero-order valence-electron chi connectivity index (χ0n) is 12.6. The Balaban J connectivity index is 2.42. The molecule has 0 aromatic heterocycles. The van der Waals surface area contributed by atoms with Crippen LogP contribution in [0.3, 0.4) is 0 Å². The Morgan fingerprint density at radius 1 is 1.38 bits per heavy atom. The van der Waals surface area contributed by atoms with Crippen molar-refractivity contribution in [1.82, 2.24) is 0 Å². The lowest BCUT2D eigenvalue weighted by atomic mass is 9.80. The van der Waals surface area contributed by atoms with Crippen LogP contribution >= 0.6 is 0 Å². The summed E-state index contributed by atoms with van der Waals surface area (Å²) in [5, 5.41) is 9.44. The Hall–Kier alpha value is -1.88. The van der Waals surface area contributed by atoms with Gasteiger partial charge in [0.25, 0.3) is 0 Å². The quantitative estimate of drug-likeness (QED) is 0.924. The highest BCUT2D eigenvalue weighted by Gasteiger charge is 2.42. The van der Waals surface area contributed by atoms with Gasteiger partial charge in [0.2, 0.25) is 5.91 Å². The smallest absolute Gasteiger partial charge is 0.308 e. The summed E-state index contributed by atoms with van der Waals surface area (Å²) in [5.74, 6) is -1.60. The van der Waals surface area contributed by atoms with Gasteiger partial charge in [0.1, 0.15) is 0 Å². The zero-order valence-corrected chi connectivity index (χ0v) is 12.6. The van der Waals surface area contributed by atoms with Gasteiger partial charge in [0.15, 0.2) is 0 Å². The maximum atomic E-state index is 12.4. The number of carboxylic acid groups (broad SMARTS) is 1. The number of ether oxygens (including phenoxy) is 1. The molecule has 0 spiro atoms. The highest BCUT2D eigenvalue weighted by molar-refractivity contribution is 5.97. The van der Waals surface area contributed by atoms with Gasteiger partial charge in [-0.1, -0.05) is 25.1 Å². The molecule has 1 aromatic rings. The molecule has 1 aromatic carbocycles. The molecule has 5 heteroatoms. The van der Waals surface area contributed by atoms with Gasteiger partial charge in [-0.25, -0.2) is 0 Å². The number of hydrogen-bond acceptors (Lipinski definition) is 3. The largest absolute Gasteiger partial charge is 0.481 e. The lowest BCUT2D eigenvalue weighted by molar-refractivity contribution is -0.146. The number of rotatable bonds is 4. The topological polar surface area (TPSA) is 66.8 Å². The van der Waals surface area contributed by atoms with Crippen molar-refractivity contribution in [2.75, 3.05) is 12.0 Å². The van der Waals surface area contributed by atoms with E-state index in [0.29, 0.717) is 6.61 Å². The first-order chi connectivity index (χ1) is 9.97. The summed E-state index contributed by atoms with van der Waals surface area (Å²) < 4.78 is 5.17. The van der Waals surface area contributed by atoms with E-state index in [-0.39, 0.29) is 24.3 Å². The van der Waals surface area contributed by atoms with Crippen molar-refractivity contribution in [3.8, 4) is 0 Å². The molecule has 0 aliphatic carbocycles. The lowest BCUT2D eigenvalue weighted by Gasteiger charge is -2.41. The Bertz CT molecular complexity index is 543. The normalized spacial score (nSPS) is 26.0. The van der Waals surface area contributed by atoms with E-state index < -0.39 is 11.9 Å². The monoisotopic (exact) mass is 291 g/mol. The van der Waals surface area contributed by atoms with Gasteiger partial charge in [-0.3, -0.25) is 9.59 Å². The minimum absolute atomic E-state index is 0.0314. The Kier molecular flexibility index (Phi) is 4.63. The molecule has 0 radical (unpaired) electrons. The maximum absolute atomic E-state index is 12.4. The summed E-state index contributed by atoms with van der Waals surface area (Å²) in [6.45, 7) is 4.02. The van der Waals surface area contributed by atoms with Gasteiger partial charge in [0, 0.05) is 30.8 Å². The van der Waals surface area contributed by atoms with Crippen molar-refractivity contribution < 1.29 is 19.4 Å². The van der Waals surface area contributed by atoms with Crippen molar-refractivity contribution in [1.29, 1.82) is 0 Å². The summed E-state index contributed by atoms with van der Waals surface area (Å²) in [5.41, 5.74) is 1.63. The van der Waals surface area contributed by atoms with Crippen molar-refractivity contribution in [3.63, 3.8) is 0 Å². The predicted octanol–water partition coefficient (Wildman–Crippen LogP) is 2.30. The van der Waals surface area contributed by atoms with Gasteiger partial charge < -0.3 is 14.7 Å². The van der Waals surface area contributed by atoms with E-state index in [1.807, 2.05) is 31.2 Å². The summed E-state index contributed by atoms with van der Waals surface area (Å²) in [4.78, 5) is 25.6. The molecule has 3 atom stereocenters. The van der Waals surface area contributed by atoms with Crippen molar-refractivity contribution in [2.45, 2.75) is 32.9 Å². The van der Waals surface area contributed by atoms with E-state index in [1.54, 1.807) is 18.9 Å². The molecule has 1 saturated heterocycles. The average molecular weight is 291 g/mol. The number of piperidine rings is 1. The van der Waals surface area contributed by atoms with E-state index in [0.717, 1.165) is 11.3 Å². The van der Waals surface area contributed by atoms with Crippen molar-refractivity contribution in [2.24, 2.45) is 11.8 Å². The second-order valence-electron chi connectivity index (χ2n) is 5.61. The van der Waals surface area contributed by atoms with E-state index in [1.165, 1.54) is 0 Å². The van der Waals surface area contributed by atoms with Gasteiger partial charge >= 0.3 is 5.97 Å². The first kappa shape index (κ1) is 15.5. The first-order valence-electron chi connectivity index (χ1n) is 7.09. The van der Waals surface area contributed by atoms with Crippen LogP contribution in [0.15, 0.2) is 24.3 Å². The second kappa shape index (κ2) is 6.26. The number of amides is 1. The second-order valence-corrected chi connectivity index (χ2v) is 5.61. The molecule has 1 amide bonds. The average Bonchev–Trinajstić information content (AvgIpc) is 2.39. The van der Waals surface area contributed by atoms with Gasteiger partial charge in [-0.05, 0) is 18.9 Å². The molecule has 0 saturated carbocycles. The molecule has 1 fully saturated rings. The number of hydrogen-bond donors (Lipinski definition) is 1. The van der Waals surface area contributed by atoms with E-state index in [2.05, 4.69) is 0 Å². The van der Waals surface area contributed by atoms with Gasteiger partial charge in [-0.2, -0.15) is 0 Å². The van der Waals surface area contributed by atoms with Crippen molar-refractivity contribution >= 4 is 17.6 Å². The maximum Gasteiger partial charge on any atom is 0.308 e. The van der Waals surface area contributed by atoms with Crippen LogP contribution in [0.1, 0.15) is 25.8 Å². The third kappa shape index (κ3) is 2.93. The molecule has 114 valence electrons. The fraction of sp³-hybridized carbons (Fsp3) is 0.500. The Labute approximate surface area is 124 Å². The zero-order chi connectivity index (χ0) is 15.6. The molecular formula is C16H21NO4. The number of aliphatic carboxylic acids is 1. The van der Waals surface area contributed by atoms with Crippen molar-refractivity contribution in [3.05, 3.63) is 29.8 Å². The van der Waals surface area contributed by atoms with E-state index in [4.69, 9.17) is 4.74 Å². The molecule has 3 unspecified atom stereocenters. The molecule has 1 aliphatic heterocycles. The number of nitrogens with zero attached hydrogens (tertiary/aromatic N) is 1. The Morgan fingerprint density at radius 2 is 2.05 bits per heavy atom. The molecule has 1 N–H and O–H groups in total. The third-order valence-electron chi connectivity index (χ3n) is 4.14. The first-order valence-corrected chi connectivity index (χ1v) is 7.09. The fourth-order valence-corrected chi connectivity index (χ4v) is 3.19. The number of benzene rings is 1. The predicted molar refractivity (Wildman–Crippen MR) is 79.0 cm³/mol. The van der Waals surface area contributed by atoms with Crippen LogP contribution in [-0.2, 0) is 20.9 Å². The molecule has 1 aliphatic rings.